The highest BCUT2D eigenvalue weighted by atomic mass is 16.6. The van der Waals surface area contributed by atoms with Crippen LogP contribution in [-0.2, 0) is 4.74 Å². The summed E-state index contributed by atoms with van der Waals surface area (Å²) < 4.78 is 5.27. The number of nitrogens with zero attached hydrogens (tertiary/aromatic N) is 2. The fourth-order valence-electron chi connectivity index (χ4n) is 4.89. The molecule has 2 atom stereocenters. The van der Waals surface area contributed by atoms with E-state index >= 15 is 0 Å². The maximum atomic E-state index is 12.9. The Hall–Kier alpha value is -4.40. The van der Waals surface area contributed by atoms with Gasteiger partial charge in [0.05, 0.1) is 5.69 Å². The highest BCUT2D eigenvalue weighted by Gasteiger charge is 2.24. The van der Waals surface area contributed by atoms with Crippen LogP contribution in [0.1, 0.15) is 56.8 Å². The SMILES string of the molecule is CC(C)(C)OC(=O)Nc1ccc(C(=O)NC2CCC[C@@H](Nc3nccc(-c4c[nH]c5ccccc45)n3)C2)cc1. The first-order valence-electron chi connectivity index (χ1n) is 13.3. The summed E-state index contributed by atoms with van der Waals surface area (Å²) >= 11 is 0. The van der Waals surface area contributed by atoms with E-state index in [2.05, 4.69) is 32.0 Å². The minimum atomic E-state index is -0.581. The van der Waals surface area contributed by atoms with Crippen LogP contribution < -0.4 is 16.0 Å². The van der Waals surface area contributed by atoms with E-state index in [0.29, 0.717) is 17.2 Å². The van der Waals surface area contributed by atoms with Gasteiger partial charge in [-0.15, -0.1) is 0 Å². The number of carbonyl (C=O) groups is 2. The van der Waals surface area contributed by atoms with Crippen LogP contribution in [0.25, 0.3) is 22.2 Å². The monoisotopic (exact) mass is 526 g/mol. The molecule has 39 heavy (non-hydrogen) atoms. The third-order valence-electron chi connectivity index (χ3n) is 6.66. The number of amides is 2. The number of rotatable bonds is 6. The van der Waals surface area contributed by atoms with Gasteiger partial charge < -0.3 is 20.4 Å². The third-order valence-corrected chi connectivity index (χ3v) is 6.66. The molecule has 2 heterocycles. The average Bonchev–Trinajstić information content (AvgIpc) is 3.33. The Kier molecular flexibility index (Phi) is 7.49. The van der Waals surface area contributed by atoms with Crippen molar-refractivity contribution in [1.29, 1.82) is 0 Å². The van der Waals surface area contributed by atoms with Crippen molar-refractivity contribution in [3.8, 4) is 11.3 Å². The van der Waals surface area contributed by atoms with Gasteiger partial charge >= 0.3 is 6.09 Å². The molecule has 2 aromatic carbocycles. The molecular weight excluding hydrogens is 492 g/mol. The van der Waals surface area contributed by atoms with E-state index in [4.69, 9.17) is 9.72 Å². The molecule has 2 aromatic heterocycles. The quantitative estimate of drug-likeness (QED) is 0.240. The maximum absolute atomic E-state index is 12.9. The molecule has 1 fully saturated rings. The third kappa shape index (κ3) is 6.73. The molecule has 1 aliphatic rings. The molecule has 0 radical (unpaired) electrons. The van der Waals surface area contributed by atoms with Crippen molar-refractivity contribution < 1.29 is 14.3 Å². The summed E-state index contributed by atoms with van der Waals surface area (Å²) in [5, 5.41) is 10.4. The molecule has 5 rings (SSSR count). The fourth-order valence-corrected chi connectivity index (χ4v) is 4.89. The lowest BCUT2D eigenvalue weighted by Gasteiger charge is -2.30. The van der Waals surface area contributed by atoms with Gasteiger partial charge in [0.15, 0.2) is 0 Å². The molecule has 1 saturated carbocycles. The number of ether oxygens (including phenoxy) is 1. The number of benzene rings is 2. The van der Waals surface area contributed by atoms with Gasteiger partial charge in [0, 0.05) is 52.2 Å². The molecule has 2 amide bonds. The highest BCUT2D eigenvalue weighted by molar-refractivity contribution is 5.95. The van der Waals surface area contributed by atoms with E-state index in [9.17, 15) is 9.59 Å². The van der Waals surface area contributed by atoms with Crippen LogP contribution in [0.5, 0.6) is 0 Å². The molecule has 0 saturated heterocycles. The number of fused-ring (bicyclic) bond motifs is 1. The van der Waals surface area contributed by atoms with Crippen molar-refractivity contribution in [2.24, 2.45) is 0 Å². The zero-order chi connectivity index (χ0) is 27.4. The summed E-state index contributed by atoms with van der Waals surface area (Å²) in [4.78, 5) is 37.4. The van der Waals surface area contributed by atoms with E-state index < -0.39 is 11.7 Å². The fraction of sp³-hybridized carbons (Fsp3) is 0.333. The number of aromatic amines is 1. The van der Waals surface area contributed by atoms with Crippen LogP contribution in [0.15, 0.2) is 67.0 Å². The van der Waals surface area contributed by atoms with Crippen LogP contribution in [0.2, 0.25) is 0 Å². The van der Waals surface area contributed by atoms with Gasteiger partial charge in [-0.25, -0.2) is 14.8 Å². The topological polar surface area (TPSA) is 121 Å². The summed E-state index contributed by atoms with van der Waals surface area (Å²) in [6, 6.07) is 17.1. The first-order chi connectivity index (χ1) is 18.7. The van der Waals surface area contributed by atoms with Gasteiger partial charge in [-0.3, -0.25) is 10.1 Å². The Morgan fingerprint density at radius 3 is 2.56 bits per heavy atom. The number of carbonyl (C=O) groups excluding carboxylic acids is 2. The predicted molar refractivity (Wildman–Crippen MR) is 153 cm³/mol. The number of aromatic nitrogens is 3. The van der Waals surface area contributed by atoms with E-state index in [1.807, 2.05) is 30.5 Å². The molecule has 9 heteroatoms. The normalized spacial score (nSPS) is 17.4. The lowest BCUT2D eigenvalue weighted by molar-refractivity contribution is 0.0635. The summed E-state index contributed by atoms with van der Waals surface area (Å²) in [6.07, 6.45) is 6.89. The van der Waals surface area contributed by atoms with Gasteiger partial charge in [0.25, 0.3) is 5.91 Å². The van der Waals surface area contributed by atoms with Gasteiger partial charge in [-0.2, -0.15) is 0 Å². The van der Waals surface area contributed by atoms with Crippen LogP contribution in [0.3, 0.4) is 0 Å². The van der Waals surface area contributed by atoms with Gasteiger partial charge in [0.1, 0.15) is 5.60 Å². The van der Waals surface area contributed by atoms with Gasteiger partial charge in [-0.1, -0.05) is 18.2 Å². The molecule has 9 nitrogen and oxygen atoms in total. The van der Waals surface area contributed by atoms with Crippen LogP contribution in [-0.4, -0.2) is 44.6 Å². The molecule has 0 spiro atoms. The molecular formula is C30H34N6O3. The number of H-pyrrole nitrogens is 1. The minimum Gasteiger partial charge on any atom is -0.444 e. The number of hydrogen-bond donors (Lipinski definition) is 4. The smallest absolute Gasteiger partial charge is 0.412 e. The number of hydrogen-bond acceptors (Lipinski definition) is 6. The molecule has 0 bridgehead atoms. The van der Waals surface area contributed by atoms with Crippen molar-refractivity contribution in [2.75, 3.05) is 10.6 Å². The number of anilines is 2. The molecule has 4 N–H and O–H groups in total. The van der Waals surface area contributed by atoms with E-state index in [1.165, 1.54) is 0 Å². The van der Waals surface area contributed by atoms with Gasteiger partial charge in [0.2, 0.25) is 5.95 Å². The highest BCUT2D eigenvalue weighted by Crippen LogP contribution is 2.28. The molecule has 1 aliphatic carbocycles. The molecule has 1 unspecified atom stereocenters. The Bertz CT molecular complexity index is 1460. The van der Waals surface area contributed by atoms with E-state index in [0.717, 1.165) is 47.8 Å². The van der Waals surface area contributed by atoms with Crippen molar-refractivity contribution in [2.45, 2.75) is 64.1 Å². The largest absolute Gasteiger partial charge is 0.444 e. The van der Waals surface area contributed by atoms with Gasteiger partial charge in [-0.05, 0) is 82.9 Å². The average molecular weight is 527 g/mol. The molecule has 0 aliphatic heterocycles. The maximum Gasteiger partial charge on any atom is 0.412 e. The zero-order valence-corrected chi connectivity index (χ0v) is 22.5. The van der Waals surface area contributed by atoms with Crippen LogP contribution >= 0.6 is 0 Å². The first kappa shape index (κ1) is 26.2. The summed E-state index contributed by atoms with van der Waals surface area (Å²) in [6.45, 7) is 5.42. The Morgan fingerprint density at radius 1 is 1.00 bits per heavy atom. The second-order valence-corrected chi connectivity index (χ2v) is 10.9. The van der Waals surface area contributed by atoms with Crippen LogP contribution in [0, 0.1) is 0 Å². The van der Waals surface area contributed by atoms with Crippen LogP contribution in [0.4, 0.5) is 16.4 Å². The Labute approximate surface area is 227 Å². The molecule has 202 valence electrons. The van der Waals surface area contributed by atoms with E-state index in [1.54, 1.807) is 51.2 Å². The Balaban J connectivity index is 1.17. The standard InChI is InChI=1S/C30H34N6O3/c1-30(2,3)39-29(38)35-20-13-11-19(12-14-20)27(37)33-21-7-6-8-22(17-21)34-28-31-16-15-26(36-28)24-18-32-25-10-5-4-9-23(24)25/h4-5,9-16,18,21-22,32H,6-8,17H2,1-3H3,(H,33,37)(H,35,38)(H,31,34,36)/t21?,22-/m1/s1. The Morgan fingerprint density at radius 2 is 1.77 bits per heavy atom. The van der Waals surface area contributed by atoms with Crippen molar-refractivity contribution in [1.82, 2.24) is 20.3 Å². The lowest BCUT2D eigenvalue weighted by atomic mass is 9.91. The van der Waals surface area contributed by atoms with Crippen molar-refractivity contribution >= 4 is 34.5 Å². The number of nitrogens with one attached hydrogen (secondary N) is 4. The first-order valence-corrected chi connectivity index (χ1v) is 13.3. The minimum absolute atomic E-state index is 0.0418. The predicted octanol–water partition coefficient (Wildman–Crippen LogP) is 6.13. The summed E-state index contributed by atoms with van der Waals surface area (Å²) in [5.41, 5.74) is 3.49. The second kappa shape index (κ2) is 11.1. The lowest BCUT2D eigenvalue weighted by Crippen LogP contribution is -2.42. The van der Waals surface area contributed by atoms with Crippen molar-refractivity contribution in [3.63, 3.8) is 0 Å². The zero-order valence-electron chi connectivity index (χ0n) is 22.5. The van der Waals surface area contributed by atoms with E-state index in [-0.39, 0.29) is 18.0 Å². The number of para-hydroxylation sites is 1. The summed E-state index contributed by atoms with van der Waals surface area (Å²) in [7, 11) is 0. The second-order valence-electron chi connectivity index (χ2n) is 10.9. The summed E-state index contributed by atoms with van der Waals surface area (Å²) in [5.74, 6) is 0.449. The molecule has 4 aromatic rings. The van der Waals surface area contributed by atoms with Crippen molar-refractivity contribution in [3.05, 3.63) is 72.6 Å².